The number of amides is 1. The van der Waals surface area contributed by atoms with Crippen molar-refractivity contribution in [3.05, 3.63) is 60.3 Å². The minimum atomic E-state index is -0.0243. The Balaban J connectivity index is 1.96. The lowest BCUT2D eigenvalue weighted by atomic mass is 10.0. The maximum absolute atomic E-state index is 13.1. The van der Waals surface area contributed by atoms with Gasteiger partial charge in [-0.1, -0.05) is 19.9 Å². The highest BCUT2D eigenvalue weighted by Gasteiger charge is 2.26. The zero-order chi connectivity index (χ0) is 16.4. The molecule has 3 rings (SSSR count). The zero-order valence-corrected chi connectivity index (χ0v) is 13.6. The summed E-state index contributed by atoms with van der Waals surface area (Å²) < 4.78 is 7.15. The summed E-state index contributed by atoms with van der Waals surface area (Å²) >= 11 is 0. The number of carbonyl (C=O) groups excluding carboxylic acids is 1. The van der Waals surface area contributed by atoms with Crippen molar-refractivity contribution in [3.63, 3.8) is 0 Å². The number of rotatable bonds is 5. The van der Waals surface area contributed by atoms with E-state index in [1.165, 1.54) is 0 Å². The van der Waals surface area contributed by atoms with Crippen molar-refractivity contribution in [1.82, 2.24) is 14.5 Å². The van der Waals surface area contributed by atoms with Crippen LogP contribution in [0.3, 0.4) is 0 Å². The lowest BCUT2D eigenvalue weighted by Gasteiger charge is -2.31. The number of aromatic nitrogens is 2. The number of fused-ring (bicyclic) bond motifs is 1. The lowest BCUT2D eigenvalue weighted by molar-refractivity contribution is 0.0613. The van der Waals surface area contributed by atoms with E-state index in [4.69, 9.17) is 4.42 Å². The molecule has 0 saturated heterocycles. The third-order valence-corrected chi connectivity index (χ3v) is 4.28. The molecule has 120 valence electrons. The van der Waals surface area contributed by atoms with Gasteiger partial charge in [0.1, 0.15) is 5.76 Å². The van der Waals surface area contributed by atoms with Crippen molar-refractivity contribution in [3.8, 4) is 0 Å². The zero-order valence-electron chi connectivity index (χ0n) is 13.6. The summed E-state index contributed by atoms with van der Waals surface area (Å²) in [5.41, 5.74) is 1.43. The van der Waals surface area contributed by atoms with Crippen molar-refractivity contribution in [2.24, 2.45) is 5.92 Å². The SMILES string of the molecule is CC(C)C(C)N(Cc1ccco1)C(=O)c1cnn2ccccc12. The molecule has 23 heavy (non-hydrogen) atoms. The van der Waals surface area contributed by atoms with E-state index in [1.54, 1.807) is 17.0 Å². The highest BCUT2D eigenvalue weighted by molar-refractivity contribution is 6.00. The summed E-state index contributed by atoms with van der Waals surface area (Å²) in [5.74, 6) is 1.10. The topological polar surface area (TPSA) is 50.8 Å². The van der Waals surface area contributed by atoms with Crippen molar-refractivity contribution >= 4 is 11.4 Å². The Bertz CT molecular complexity index is 790. The van der Waals surface area contributed by atoms with Gasteiger partial charge in [0.25, 0.3) is 5.91 Å². The third kappa shape index (κ3) is 2.99. The van der Waals surface area contributed by atoms with E-state index in [-0.39, 0.29) is 11.9 Å². The molecule has 0 aliphatic heterocycles. The molecular formula is C18H21N3O2. The normalized spacial score (nSPS) is 12.7. The summed E-state index contributed by atoms with van der Waals surface area (Å²) in [5, 5.41) is 4.27. The first-order chi connectivity index (χ1) is 11.1. The molecule has 0 spiro atoms. The van der Waals surface area contributed by atoms with Gasteiger partial charge in [-0.25, -0.2) is 4.52 Å². The molecule has 0 N–H and O–H groups in total. The number of pyridine rings is 1. The first-order valence-corrected chi connectivity index (χ1v) is 7.83. The van der Waals surface area contributed by atoms with Crippen LogP contribution in [-0.4, -0.2) is 26.5 Å². The van der Waals surface area contributed by atoms with Gasteiger partial charge in [-0.15, -0.1) is 0 Å². The number of furan rings is 1. The van der Waals surface area contributed by atoms with Crippen LogP contribution in [0, 0.1) is 5.92 Å². The Labute approximate surface area is 135 Å². The summed E-state index contributed by atoms with van der Waals surface area (Å²) in [6.45, 7) is 6.75. The Morgan fingerprint density at radius 3 is 2.78 bits per heavy atom. The van der Waals surface area contributed by atoms with Gasteiger partial charge >= 0.3 is 0 Å². The van der Waals surface area contributed by atoms with Crippen LogP contribution in [0.25, 0.3) is 5.52 Å². The second-order valence-electron chi connectivity index (χ2n) is 6.09. The molecule has 3 aromatic rings. The standard InChI is InChI=1S/C18H21N3O2/c1-13(2)14(3)20(12-15-7-6-10-23-15)18(22)16-11-19-21-9-5-4-8-17(16)21/h4-11,13-14H,12H2,1-3H3. The van der Waals surface area contributed by atoms with E-state index in [1.807, 2.05) is 41.4 Å². The third-order valence-electron chi connectivity index (χ3n) is 4.28. The smallest absolute Gasteiger partial charge is 0.258 e. The molecule has 0 bridgehead atoms. The molecule has 0 fully saturated rings. The first kappa shape index (κ1) is 15.3. The number of hydrogen-bond donors (Lipinski definition) is 0. The molecule has 5 heteroatoms. The Morgan fingerprint density at radius 1 is 1.26 bits per heavy atom. The Hall–Kier alpha value is -2.56. The summed E-state index contributed by atoms with van der Waals surface area (Å²) in [6, 6.07) is 9.54. The molecule has 0 aromatic carbocycles. The van der Waals surface area contributed by atoms with Crippen LogP contribution in [-0.2, 0) is 6.54 Å². The fraction of sp³-hybridized carbons (Fsp3) is 0.333. The van der Waals surface area contributed by atoms with Gasteiger partial charge in [-0.05, 0) is 37.1 Å². The summed E-state index contributed by atoms with van der Waals surface area (Å²) in [6.07, 6.45) is 5.11. The van der Waals surface area contributed by atoms with E-state index in [0.29, 0.717) is 18.0 Å². The molecule has 0 radical (unpaired) electrons. The van der Waals surface area contributed by atoms with E-state index in [2.05, 4.69) is 25.9 Å². The molecule has 3 aromatic heterocycles. The highest BCUT2D eigenvalue weighted by atomic mass is 16.3. The molecule has 3 heterocycles. The second-order valence-corrected chi connectivity index (χ2v) is 6.09. The van der Waals surface area contributed by atoms with Crippen LogP contribution in [0.4, 0.5) is 0 Å². The minimum absolute atomic E-state index is 0.0243. The van der Waals surface area contributed by atoms with Gasteiger partial charge in [-0.3, -0.25) is 4.79 Å². The predicted octanol–water partition coefficient (Wildman–Crippen LogP) is 3.61. The minimum Gasteiger partial charge on any atom is -0.467 e. The fourth-order valence-electron chi connectivity index (χ4n) is 2.59. The predicted molar refractivity (Wildman–Crippen MR) is 88.1 cm³/mol. The number of nitrogens with zero attached hydrogens (tertiary/aromatic N) is 3. The van der Waals surface area contributed by atoms with Gasteiger partial charge in [0.05, 0.1) is 30.1 Å². The maximum Gasteiger partial charge on any atom is 0.258 e. The molecule has 1 atom stereocenters. The van der Waals surface area contributed by atoms with E-state index < -0.39 is 0 Å². The van der Waals surface area contributed by atoms with Crippen LogP contribution in [0.5, 0.6) is 0 Å². The van der Waals surface area contributed by atoms with Gasteiger partial charge in [0.2, 0.25) is 0 Å². The number of carbonyl (C=O) groups is 1. The van der Waals surface area contributed by atoms with Crippen LogP contribution < -0.4 is 0 Å². The van der Waals surface area contributed by atoms with E-state index in [0.717, 1.165) is 11.3 Å². The largest absolute Gasteiger partial charge is 0.467 e. The number of hydrogen-bond acceptors (Lipinski definition) is 3. The Morgan fingerprint density at radius 2 is 2.09 bits per heavy atom. The molecule has 0 aliphatic carbocycles. The quantitative estimate of drug-likeness (QED) is 0.723. The van der Waals surface area contributed by atoms with Gasteiger partial charge < -0.3 is 9.32 Å². The average Bonchev–Trinajstić information content (AvgIpc) is 3.20. The van der Waals surface area contributed by atoms with E-state index in [9.17, 15) is 4.79 Å². The van der Waals surface area contributed by atoms with Gasteiger partial charge in [0.15, 0.2) is 0 Å². The molecular weight excluding hydrogens is 290 g/mol. The van der Waals surface area contributed by atoms with Crippen molar-refractivity contribution in [2.75, 3.05) is 0 Å². The van der Waals surface area contributed by atoms with Gasteiger partial charge in [-0.2, -0.15) is 5.10 Å². The fourth-order valence-corrected chi connectivity index (χ4v) is 2.59. The molecule has 0 saturated carbocycles. The van der Waals surface area contributed by atoms with Crippen LogP contribution in [0.15, 0.2) is 53.4 Å². The highest BCUT2D eigenvalue weighted by Crippen LogP contribution is 2.20. The van der Waals surface area contributed by atoms with Gasteiger partial charge in [0, 0.05) is 12.2 Å². The molecule has 1 amide bonds. The van der Waals surface area contributed by atoms with Crippen LogP contribution >= 0.6 is 0 Å². The van der Waals surface area contributed by atoms with Crippen LogP contribution in [0.1, 0.15) is 36.9 Å². The van der Waals surface area contributed by atoms with Crippen molar-refractivity contribution in [2.45, 2.75) is 33.4 Å². The van der Waals surface area contributed by atoms with Crippen molar-refractivity contribution in [1.29, 1.82) is 0 Å². The summed E-state index contributed by atoms with van der Waals surface area (Å²) in [7, 11) is 0. The molecule has 0 aliphatic rings. The van der Waals surface area contributed by atoms with E-state index >= 15 is 0 Å². The molecule has 1 unspecified atom stereocenters. The maximum atomic E-state index is 13.1. The van der Waals surface area contributed by atoms with Crippen LogP contribution in [0.2, 0.25) is 0 Å². The second kappa shape index (κ2) is 6.28. The van der Waals surface area contributed by atoms with Crippen molar-refractivity contribution < 1.29 is 9.21 Å². The molecule has 5 nitrogen and oxygen atoms in total. The monoisotopic (exact) mass is 311 g/mol. The average molecular weight is 311 g/mol. The first-order valence-electron chi connectivity index (χ1n) is 7.83. The summed E-state index contributed by atoms with van der Waals surface area (Å²) in [4.78, 5) is 15.0. The Kier molecular flexibility index (Phi) is 4.19. The lowest BCUT2D eigenvalue weighted by Crippen LogP contribution is -2.40.